The number of benzene rings is 1. The van der Waals surface area contributed by atoms with Crippen molar-refractivity contribution in [3.05, 3.63) is 46.1 Å². The van der Waals surface area contributed by atoms with Crippen LogP contribution >= 0.6 is 0 Å². The van der Waals surface area contributed by atoms with Crippen LogP contribution in [-0.4, -0.2) is 38.7 Å². The van der Waals surface area contributed by atoms with E-state index in [2.05, 4.69) is 10.4 Å². The minimum absolute atomic E-state index is 0.0518. The molecule has 1 aromatic heterocycles. The zero-order valence-corrected chi connectivity index (χ0v) is 13.8. The molecule has 0 spiro atoms. The number of nitrogens with zero attached hydrogens (tertiary/aromatic N) is 4. The number of ether oxygens (including phenoxy) is 2. The van der Waals surface area contributed by atoms with Gasteiger partial charge in [-0.3, -0.25) is 4.79 Å². The van der Waals surface area contributed by atoms with Crippen LogP contribution < -0.4 is 10.4 Å². The molecule has 3 rings (SSSR count). The average Bonchev–Trinajstić information content (AvgIpc) is 2.93. The van der Waals surface area contributed by atoms with Crippen molar-refractivity contribution in [2.24, 2.45) is 7.05 Å². The molecule has 130 valence electrons. The lowest BCUT2D eigenvalue weighted by atomic mass is 10.1. The second-order valence-electron chi connectivity index (χ2n) is 5.50. The van der Waals surface area contributed by atoms with Crippen LogP contribution in [-0.2, 0) is 16.6 Å². The van der Waals surface area contributed by atoms with Crippen LogP contribution in [0.15, 0.2) is 34.8 Å². The number of methoxy groups -OCH3 is 1. The summed E-state index contributed by atoms with van der Waals surface area (Å²) in [6.45, 7) is 0. The van der Waals surface area contributed by atoms with E-state index in [1.54, 1.807) is 0 Å². The topological polar surface area (TPSA) is 105 Å². The first kappa shape index (κ1) is 16.6. The number of carbonyl (C=O) groups is 2. The summed E-state index contributed by atoms with van der Waals surface area (Å²) in [5.41, 5.74) is 0.139. The number of rotatable bonds is 4. The van der Waals surface area contributed by atoms with Crippen molar-refractivity contribution >= 4 is 11.8 Å². The Balaban J connectivity index is 1.89. The Kier molecular flexibility index (Phi) is 4.46. The van der Waals surface area contributed by atoms with Crippen LogP contribution in [0.5, 0.6) is 5.75 Å². The third-order valence-electron chi connectivity index (χ3n) is 3.76. The molecule has 0 bridgehead atoms. The number of hydrogen-bond acceptors (Lipinski definition) is 7. The van der Waals surface area contributed by atoms with Gasteiger partial charge in [0.05, 0.1) is 12.7 Å². The van der Waals surface area contributed by atoms with Crippen LogP contribution in [0, 0.1) is 0 Å². The van der Waals surface area contributed by atoms with E-state index in [0.29, 0.717) is 30.7 Å². The Morgan fingerprint density at radius 1 is 1.20 bits per heavy atom. The summed E-state index contributed by atoms with van der Waals surface area (Å²) in [7, 11) is 2.89. The maximum atomic E-state index is 12.3. The van der Waals surface area contributed by atoms with Gasteiger partial charge in [-0.25, -0.2) is 9.59 Å². The van der Waals surface area contributed by atoms with E-state index in [0.717, 1.165) is 9.36 Å². The fourth-order valence-electron chi connectivity index (χ4n) is 2.46. The van der Waals surface area contributed by atoms with Gasteiger partial charge in [0.2, 0.25) is 0 Å². The van der Waals surface area contributed by atoms with E-state index in [-0.39, 0.29) is 17.1 Å². The van der Waals surface area contributed by atoms with Gasteiger partial charge in [0.25, 0.3) is 0 Å². The normalized spacial score (nSPS) is 14.2. The quantitative estimate of drug-likeness (QED) is 0.754. The average molecular weight is 344 g/mol. The molecule has 1 aliphatic rings. The van der Waals surface area contributed by atoms with Gasteiger partial charge in [0.15, 0.2) is 5.78 Å². The summed E-state index contributed by atoms with van der Waals surface area (Å²) >= 11 is 0. The van der Waals surface area contributed by atoms with Gasteiger partial charge in [-0.15, -0.1) is 0 Å². The zero-order valence-electron chi connectivity index (χ0n) is 13.8. The number of allylic oxidation sites excluding steroid dienone is 2. The lowest BCUT2D eigenvalue weighted by Crippen LogP contribution is -2.22. The van der Waals surface area contributed by atoms with E-state index < -0.39 is 11.7 Å². The number of carbonyl (C=O) groups excluding carboxylic acids is 2. The fraction of sp³-hybridized carbons (Fsp3) is 0.312. The highest BCUT2D eigenvalue weighted by molar-refractivity contribution is 5.94. The van der Waals surface area contributed by atoms with Gasteiger partial charge >= 0.3 is 11.7 Å². The summed E-state index contributed by atoms with van der Waals surface area (Å²) in [4.78, 5) is 35.6. The first-order chi connectivity index (χ1) is 12.0. The number of aromatic nitrogens is 4. The fourth-order valence-corrected chi connectivity index (χ4v) is 2.46. The highest BCUT2D eigenvalue weighted by Crippen LogP contribution is 2.24. The monoisotopic (exact) mass is 344 g/mol. The van der Waals surface area contributed by atoms with Crippen LogP contribution in [0.3, 0.4) is 0 Å². The molecule has 25 heavy (non-hydrogen) atoms. The van der Waals surface area contributed by atoms with Crippen LogP contribution in [0.4, 0.5) is 0 Å². The summed E-state index contributed by atoms with van der Waals surface area (Å²) in [6.07, 6.45) is 3.03. The Labute approximate surface area is 142 Å². The standard InChI is InChI=1S/C16H16N4O5/c1-19-16(23)20(18-17-19)13-7-6-10(8-14(13)24-2)15(22)25-12-5-3-4-11(21)9-12/h6-9H,3-5H2,1-2H3. The molecule has 9 heteroatoms. The van der Waals surface area contributed by atoms with Gasteiger partial charge in [0.1, 0.15) is 17.2 Å². The summed E-state index contributed by atoms with van der Waals surface area (Å²) < 4.78 is 12.7. The number of ketones is 1. The molecule has 0 fully saturated rings. The lowest BCUT2D eigenvalue weighted by Gasteiger charge is -2.13. The molecule has 2 aromatic rings. The molecule has 0 aliphatic heterocycles. The second kappa shape index (κ2) is 6.71. The molecule has 0 saturated carbocycles. The third kappa shape index (κ3) is 3.35. The number of esters is 1. The van der Waals surface area contributed by atoms with Crippen LogP contribution in [0.2, 0.25) is 0 Å². The molecule has 0 amide bonds. The van der Waals surface area contributed by atoms with Crippen molar-refractivity contribution in [1.82, 2.24) is 19.8 Å². The van der Waals surface area contributed by atoms with Gasteiger partial charge in [0, 0.05) is 26.0 Å². The second-order valence-corrected chi connectivity index (χ2v) is 5.50. The van der Waals surface area contributed by atoms with E-state index in [9.17, 15) is 14.4 Å². The number of aryl methyl sites for hydroxylation is 1. The molecule has 0 unspecified atom stereocenters. The maximum Gasteiger partial charge on any atom is 0.368 e. The highest BCUT2D eigenvalue weighted by Gasteiger charge is 2.18. The predicted molar refractivity (Wildman–Crippen MR) is 85.5 cm³/mol. The summed E-state index contributed by atoms with van der Waals surface area (Å²) in [6, 6.07) is 4.46. The molecule has 1 aliphatic carbocycles. The highest BCUT2D eigenvalue weighted by atomic mass is 16.5. The van der Waals surface area contributed by atoms with E-state index >= 15 is 0 Å². The predicted octanol–water partition coefficient (Wildman–Crippen LogP) is 0.768. The Morgan fingerprint density at radius 3 is 2.64 bits per heavy atom. The molecule has 1 heterocycles. The summed E-state index contributed by atoms with van der Waals surface area (Å²) in [5, 5.41) is 7.39. The van der Waals surface area contributed by atoms with Crippen molar-refractivity contribution in [3.8, 4) is 11.4 Å². The molecular formula is C16H16N4O5. The van der Waals surface area contributed by atoms with E-state index in [4.69, 9.17) is 9.47 Å². The minimum Gasteiger partial charge on any atom is -0.494 e. The van der Waals surface area contributed by atoms with E-state index in [1.165, 1.54) is 38.4 Å². The van der Waals surface area contributed by atoms with Crippen molar-refractivity contribution < 1.29 is 19.1 Å². The van der Waals surface area contributed by atoms with Gasteiger partial charge in [-0.05, 0) is 35.0 Å². The Bertz CT molecular complexity index is 925. The zero-order chi connectivity index (χ0) is 18.0. The third-order valence-corrected chi connectivity index (χ3v) is 3.76. The molecular weight excluding hydrogens is 328 g/mol. The Hall–Kier alpha value is -3.23. The number of tetrazole rings is 1. The van der Waals surface area contributed by atoms with E-state index in [1.807, 2.05) is 0 Å². The minimum atomic E-state index is -0.600. The molecule has 0 atom stereocenters. The van der Waals surface area contributed by atoms with Crippen LogP contribution in [0.1, 0.15) is 29.6 Å². The van der Waals surface area contributed by atoms with Gasteiger partial charge < -0.3 is 9.47 Å². The Morgan fingerprint density at radius 2 is 2.00 bits per heavy atom. The summed E-state index contributed by atoms with van der Waals surface area (Å²) in [5.74, 6) is -0.0264. The molecule has 0 saturated heterocycles. The van der Waals surface area contributed by atoms with Crippen molar-refractivity contribution in [3.63, 3.8) is 0 Å². The van der Waals surface area contributed by atoms with Gasteiger partial charge in [-0.2, -0.15) is 9.36 Å². The van der Waals surface area contributed by atoms with Crippen LogP contribution in [0.25, 0.3) is 5.69 Å². The smallest absolute Gasteiger partial charge is 0.368 e. The first-order valence-electron chi connectivity index (χ1n) is 7.62. The molecule has 0 N–H and O–H groups in total. The van der Waals surface area contributed by atoms with Crippen molar-refractivity contribution in [1.29, 1.82) is 0 Å². The van der Waals surface area contributed by atoms with Crippen molar-refractivity contribution in [2.45, 2.75) is 19.3 Å². The molecule has 9 nitrogen and oxygen atoms in total. The largest absolute Gasteiger partial charge is 0.494 e. The maximum absolute atomic E-state index is 12.3. The molecule has 0 radical (unpaired) electrons. The van der Waals surface area contributed by atoms with Crippen molar-refractivity contribution in [2.75, 3.05) is 7.11 Å². The SMILES string of the molecule is COc1cc(C(=O)OC2=CC(=O)CCC2)ccc1-n1nnn(C)c1=O. The number of hydrogen-bond donors (Lipinski definition) is 0. The van der Waals surface area contributed by atoms with Gasteiger partial charge in [-0.1, -0.05) is 0 Å². The first-order valence-corrected chi connectivity index (χ1v) is 7.62. The lowest BCUT2D eigenvalue weighted by molar-refractivity contribution is -0.115. The molecule has 1 aromatic carbocycles.